The Morgan fingerprint density at radius 3 is 2.32 bits per heavy atom. The Balaban J connectivity index is 0.00000348. The van der Waals surface area contributed by atoms with Crippen molar-refractivity contribution in [2.24, 2.45) is 0 Å². The molecule has 302 valence electrons. The Morgan fingerprint density at radius 1 is 1.00 bits per heavy atom. The molecular formula is C38H42F4N4O8S2. The van der Waals surface area contributed by atoms with E-state index in [1.165, 1.54) is 46.9 Å². The van der Waals surface area contributed by atoms with Crippen LogP contribution < -0.4 is 16.2 Å². The number of aromatic hydroxyl groups is 1. The number of likely N-dealkylation sites (N-methyl/N-ethyl adjacent to an activating group) is 1. The molecule has 1 aliphatic carbocycles. The van der Waals surface area contributed by atoms with Gasteiger partial charge in [-0.15, -0.1) is 22.7 Å². The molecule has 0 bridgehead atoms. The van der Waals surface area contributed by atoms with Gasteiger partial charge < -0.3 is 40.0 Å². The van der Waals surface area contributed by atoms with E-state index < -0.39 is 46.6 Å². The van der Waals surface area contributed by atoms with Crippen LogP contribution in [0.1, 0.15) is 52.7 Å². The van der Waals surface area contributed by atoms with Crippen molar-refractivity contribution in [1.29, 1.82) is 0 Å². The number of aromatic amines is 1. The maximum absolute atomic E-state index is 14.9. The number of esters is 1. The fourth-order valence-corrected chi connectivity index (χ4v) is 8.28. The number of phenols is 1. The Hall–Kier alpha value is -4.85. The molecule has 1 fully saturated rings. The second kappa shape index (κ2) is 19.3. The summed E-state index contributed by atoms with van der Waals surface area (Å²) < 4.78 is 40.9. The van der Waals surface area contributed by atoms with Crippen molar-refractivity contribution in [2.75, 3.05) is 32.1 Å². The van der Waals surface area contributed by atoms with Crippen molar-refractivity contribution in [3.63, 3.8) is 0 Å². The third kappa shape index (κ3) is 9.93. The van der Waals surface area contributed by atoms with Crippen LogP contribution in [0.5, 0.6) is 5.75 Å². The van der Waals surface area contributed by atoms with E-state index in [1.807, 2.05) is 11.9 Å². The van der Waals surface area contributed by atoms with Gasteiger partial charge >= 0.3 is 12.1 Å². The van der Waals surface area contributed by atoms with Crippen LogP contribution in [-0.2, 0) is 26.4 Å². The van der Waals surface area contributed by atoms with Crippen LogP contribution in [-0.4, -0.2) is 76.2 Å². The lowest BCUT2D eigenvalue weighted by Gasteiger charge is -2.35. The van der Waals surface area contributed by atoms with Crippen LogP contribution in [0, 0.1) is 11.6 Å². The molecule has 3 aromatic heterocycles. The fraction of sp³-hybridized carbons (Fsp3) is 0.342. The Morgan fingerprint density at radius 2 is 1.68 bits per heavy atom. The molecule has 0 saturated heterocycles. The van der Waals surface area contributed by atoms with E-state index in [-0.39, 0.29) is 58.1 Å². The molecule has 56 heavy (non-hydrogen) atoms. The topological polar surface area (TPSA) is 173 Å². The number of fused-ring (bicyclic) bond motifs is 1. The minimum atomic E-state index is -1.86. The van der Waals surface area contributed by atoms with Gasteiger partial charge in [0.05, 0.1) is 27.1 Å². The summed E-state index contributed by atoms with van der Waals surface area (Å²) in [5, 5.41) is 41.4. The number of rotatable bonds is 14. The number of benzene rings is 2. The number of hydrogen-bond donors (Lipinski definition) is 6. The summed E-state index contributed by atoms with van der Waals surface area (Å²) in [6, 6.07) is 14.5. The number of ether oxygens (including phenoxy) is 2. The fourth-order valence-electron chi connectivity index (χ4n) is 6.57. The van der Waals surface area contributed by atoms with Crippen molar-refractivity contribution in [3.8, 4) is 5.75 Å². The average Bonchev–Trinajstić information content (AvgIpc) is 3.90. The van der Waals surface area contributed by atoms with E-state index in [0.717, 1.165) is 25.0 Å². The first kappa shape index (κ1) is 43.9. The van der Waals surface area contributed by atoms with Crippen LogP contribution in [0.2, 0.25) is 0 Å². The van der Waals surface area contributed by atoms with Gasteiger partial charge in [0.2, 0.25) is 11.2 Å². The first-order valence-electron chi connectivity index (χ1n) is 17.3. The molecule has 1 amide bonds. The number of carbonyl (C=O) groups is 2. The maximum Gasteiger partial charge on any atom is 0.411 e. The molecule has 1 saturated carbocycles. The quantitative estimate of drug-likeness (QED) is 0.0574. The van der Waals surface area contributed by atoms with Crippen LogP contribution in [0.4, 0.5) is 28.7 Å². The molecule has 0 radical (unpaired) electrons. The lowest BCUT2D eigenvalue weighted by molar-refractivity contribution is -0.169. The van der Waals surface area contributed by atoms with Gasteiger partial charge in [-0.05, 0) is 79.4 Å². The minimum absolute atomic E-state index is 0. The number of pyridine rings is 1. The second-order valence-electron chi connectivity index (χ2n) is 13.1. The first-order chi connectivity index (χ1) is 25.9. The molecule has 6 N–H and O–H groups in total. The van der Waals surface area contributed by atoms with Gasteiger partial charge in [-0.1, -0.05) is 18.2 Å². The van der Waals surface area contributed by atoms with Gasteiger partial charge in [0.15, 0.2) is 0 Å². The van der Waals surface area contributed by atoms with Crippen molar-refractivity contribution in [1.82, 2.24) is 15.2 Å². The number of thiophene rings is 2. The number of nitrogens with one attached hydrogen (secondary N) is 3. The van der Waals surface area contributed by atoms with Crippen molar-refractivity contribution >= 4 is 51.3 Å². The number of hydrogen-bond acceptors (Lipinski definition) is 12. The number of phenolic OH excluding ortho intramolecular Hbond substituents is 1. The summed E-state index contributed by atoms with van der Waals surface area (Å²) >= 11 is 2.58. The van der Waals surface area contributed by atoms with Gasteiger partial charge in [-0.2, -0.15) is 0 Å². The van der Waals surface area contributed by atoms with E-state index in [9.17, 15) is 38.5 Å². The molecule has 1 atom stereocenters. The van der Waals surface area contributed by atoms with Crippen molar-refractivity contribution in [2.45, 2.75) is 56.1 Å². The molecule has 6 rings (SSSR count). The number of amides is 1. The number of aliphatic hydroxyl groups excluding tert-OH is 1. The number of aromatic nitrogens is 1. The molecule has 18 heteroatoms. The van der Waals surface area contributed by atoms with Crippen molar-refractivity contribution < 1.29 is 52.6 Å². The standard InChI is InChI=1S/C38H40F2N4O8S2.2FH/c1-44(23-6-8-24(9-7-23)52-36(48)38(50,32-4-2-16-53-32)33-5-3-17-54-33)14-15-51-37(49)42-29-19-27(39)22(18-28(29)40)20-41-21-31(46)25-10-12-30(45)35-26(25)11-13-34(47)43-35;;/h2-5,10-13,16-19,23-24,31,41,45-46,50H,6-9,14-15,20-21H2,1H3,(H,42,49)(H,43,47);2*1H/t23?,24?,31-;;/m0../s1. The van der Waals surface area contributed by atoms with Gasteiger partial charge in [0.25, 0.3) is 0 Å². The summed E-state index contributed by atoms with van der Waals surface area (Å²) in [7, 11) is 1.89. The minimum Gasteiger partial charge on any atom is -0.506 e. The van der Waals surface area contributed by atoms with Gasteiger partial charge in [-0.3, -0.25) is 19.5 Å². The molecular weight excluding hydrogens is 781 g/mol. The number of nitrogens with zero attached hydrogens (tertiary/aromatic N) is 1. The maximum atomic E-state index is 14.9. The highest BCUT2D eigenvalue weighted by atomic mass is 32.1. The summed E-state index contributed by atoms with van der Waals surface area (Å²) in [6.45, 7) is 0.184. The largest absolute Gasteiger partial charge is 0.506 e. The van der Waals surface area contributed by atoms with Gasteiger partial charge in [0, 0.05) is 48.8 Å². The molecule has 3 heterocycles. The molecule has 0 aliphatic heterocycles. The Labute approximate surface area is 326 Å². The SMILES string of the molecule is CN(CCOC(=O)Nc1cc(F)c(CNC[C@H](O)c2ccc(O)c3[nH]c(=O)ccc23)cc1F)C1CCC(OC(=O)C(O)(c2cccs2)c2cccs2)CC1.F.F. The predicted octanol–water partition coefficient (Wildman–Crippen LogP) is 6.03. The van der Waals surface area contributed by atoms with E-state index >= 15 is 0 Å². The highest BCUT2D eigenvalue weighted by Crippen LogP contribution is 2.38. The number of carbonyl (C=O) groups excluding carboxylic acids is 2. The summed E-state index contributed by atoms with van der Waals surface area (Å²) in [5.74, 6) is -2.51. The highest BCUT2D eigenvalue weighted by molar-refractivity contribution is 7.12. The van der Waals surface area contributed by atoms with E-state index in [2.05, 4.69) is 15.6 Å². The smallest absolute Gasteiger partial charge is 0.411 e. The monoisotopic (exact) mass is 822 g/mol. The third-order valence-electron chi connectivity index (χ3n) is 9.56. The average molecular weight is 823 g/mol. The second-order valence-corrected chi connectivity index (χ2v) is 15.0. The Bertz CT molecular complexity index is 2100. The number of H-pyrrole nitrogens is 1. The Kier molecular flexibility index (Phi) is 15.2. The molecule has 2 aromatic carbocycles. The molecule has 1 aliphatic rings. The molecule has 12 nitrogen and oxygen atoms in total. The van der Waals surface area contributed by atoms with Crippen LogP contribution >= 0.6 is 22.7 Å². The summed E-state index contributed by atoms with van der Waals surface area (Å²) in [4.78, 5) is 43.0. The van der Waals surface area contributed by atoms with Crippen LogP contribution in [0.3, 0.4) is 0 Å². The zero-order valence-electron chi connectivity index (χ0n) is 30.0. The third-order valence-corrected chi connectivity index (χ3v) is 11.5. The zero-order chi connectivity index (χ0) is 38.4. The van der Waals surface area contributed by atoms with E-state index in [1.54, 1.807) is 35.0 Å². The summed E-state index contributed by atoms with van der Waals surface area (Å²) in [6.07, 6.45) is 0.251. The number of halogens is 4. The number of aliphatic hydroxyl groups is 2. The lowest BCUT2D eigenvalue weighted by atomic mass is 9.91. The van der Waals surface area contributed by atoms with E-state index in [4.69, 9.17) is 9.47 Å². The lowest BCUT2D eigenvalue weighted by Crippen LogP contribution is -2.42. The van der Waals surface area contributed by atoms with E-state index in [0.29, 0.717) is 40.1 Å². The normalized spacial score (nSPS) is 16.1. The van der Waals surface area contributed by atoms with Gasteiger partial charge in [-0.25, -0.2) is 18.4 Å². The van der Waals surface area contributed by atoms with Crippen LogP contribution in [0.15, 0.2) is 76.2 Å². The van der Waals surface area contributed by atoms with Crippen LogP contribution in [0.25, 0.3) is 10.9 Å². The first-order valence-corrected chi connectivity index (χ1v) is 19.1. The van der Waals surface area contributed by atoms with Gasteiger partial charge in [0.1, 0.15) is 30.1 Å². The molecule has 5 aromatic rings. The summed E-state index contributed by atoms with van der Waals surface area (Å²) in [5.41, 5.74) is -2.10. The van der Waals surface area contributed by atoms with Crippen molar-refractivity contribution in [3.05, 3.63) is 114 Å². The number of anilines is 1. The molecule has 0 spiro atoms. The predicted molar refractivity (Wildman–Crippen MR) is 206 cm³/mol. The highest BCUT2D eigenvalue weighted by Gasteiger charge is 2.45. The molecule has 0 unspecified atom stereocenters. The zero-order valence-corrected chi connectivity index (χ0v) is 31.7.